The molecular weight excluding hydrogens is 353 g/mol. The van der Waals surface area contributed by atoms with Gasteiger partial charge in [0, 0.05) is 41.8 Å². The number of carbonyl (C=O) groups excluding carboxylic acids is 1. The first kappa shape index (κ1) is 19.9. The van der Waals surface area contributed by atoms with Crippen LogP contribution in [0.25, 0.3) is 10.6 Å². The van der Waals surface area contributed by atoms with Gasteiger partial charge in [-0.05, 0) is 32.0 Å². The highest BCUT2D eigenvalue weighted by Crippen LogP contribution is 2.25. The summed E-state index contributed by atoms with van der Waals surface area (Å²) in [5, 5.41) is 6.29. The van der Waals surface area contributed by atoms with Crippen LogP contribution in [-0.2, 0) is 0 Å². The summed E-state index contributed by atoms with van der Waals surface area (Å²) in [6, 6.07) is 8.06. The molecule has 1 aliphatic heterocycles. The van der Waals surface area contributed by atoms with E-state index in [1.165, 1.54) is 0 Å². The number of hydrogen-bond acceptors (Lipinski definition) is 4. The van der Waals surface area contributed by atoms with Gasteiger partial charge in [0.15, 0.2) is 0 Å². The van der Waals surface area contributed by atoms with E-state index in [2.05, 4.69) is 10.3 Å². The minimum Gasteiger partial charge on any atom is -0.337 e. The molecule has 126 valence electrons. The number of amides is 1. The van der Waals surface area contributed by atoms with E-state index < -0.39 is 0 Å². The first-order valence-corrected chi connectivity index (χ1v) is 8.03. The highest BCUT2D eigenvalue weighted by Gasteiger charge is 2.24. The number of thiazole rings is 1. The van der Waals surface area contributed by atoms with Gasteiger partial charge in [0.25, 0.3) is 5.91 Å². The number of aryl methyl sites for hydroxylation is 1. The number of likely N-dealkylation sites (N-methyl/N-ethyl adjacent to an activating group) is 1. The lowest BCUT2D eigenvalue weighted by molar-refractivity contribution is 0.0744. The Morgan fingerprint density at radius 2 is 2.17 bits per heavy atom. The van der Waals surface area contributed by atoms with E-state index in [4.69, 9.17) is 0 Å². The molecule has 7 heteroatoms. The molecule has 1 N–H and O–H groups in total. The van der Waals surface area contributed by atoms with Crippen LogP contribution in [0.4, 0.5) is 0 Å². The first-order valence-electron chi connectivity index (χ1n) is 7.15. The lowest BCUT2D eigenvalue weighted by atomic mass is 10.1. The minimum absolute atomic E-state index is 0. The van der Waals surface area contributed by atoms with Gasteiger partial charge in [0.1, 0.15) is 5.01 Å². The summed E-state index contributed by atoms with van der Waals surface area (Å²) < 4.78 is 0. The molecular formula is C16H21Cl2N3OS. The van der Waals surface area contributed by atoms with E-state index in [1.54, 1.807) is 11.3 Å². The summed E-state index contributed by atoms with van der Waals surface area (Å²) in [7, 11) is 1.89. The predicted octanol–water partition coefficient (Wildman–Crippen LogP) is 3.40. The number of carbonyl (C=O) groups is 1. The number of rotatable bonds is 3. The van der Waals surface area contributed by atoms with Crippen LogP contribution in [-0.4, -0.2) is 42.0 Å². The van der Waals surface area contributed by atoms with E-state index in [9.17, 15) is 4.79 Å². The van der Waals surface area contributed by atoms with Crippen molar-refractivity contribution in [2.75, 3.05) is 20.1 Å². The van der Waals surface area contributed by atoms with Crippen LogP contribution in [0.2, 0.25) is 0 Å². The van der Waals surface area contributed by atoms with Crippen molar-refractivity contribution < 1.29 is 4.79 Å². The van der Waals surface area contributed by atoms with Gasteiger partial charge >= 0.3 is 0 Å². The van der Waals surface area contributed by atoms with Crippen molar-refractivity contribution in [3.63, 3.8) is 0 Å². The SMILES string of the molecule is Cc1csc(-c2cccc(C(=O)N(C)C3CCNC3)c2)n1.Cl.Cl. The smallest absolute Gasteiger partial charge is 0.253 e. The van der Waals surface area contributed by atoms with Crippen LogP contribution < -0.4 is 5.32 Å². The molecule has 0 saturated carbocycles. The maximum Gasteiger partial charge on any atom is 0.253 e. The molecule has 1 fully saturated rings. The fourth-order valence-electron chi connectivity index (χ4n) is 2.61. The maximum absolute atomic E-state index is 12.6. The third-order valence-corrected chi connectivity index (χ3v) is 4.89. The van der Waals surface area contributed by atoms with Gasteiger partial charge in [-0.2, -0.15) is 0 Å². The number of hydrogen-bond donors (Lipinski definition) is 1. The molecule has 0 radical (unpaired) electrons. The van der Waals surface area contributed by atoms with Crippen LogP contribution >= 0.6 is 36.2 Å². The Morgan fingerprint density at radius 1 is 1.39 bits per heavy atom. The maximum atomic E-state index is 12.6. The molecule has 0 bridgehead atoms. The summed E-state index contributed by atoms with van der Waals surface area (Å²) in [5.41, 5.74) is 2.76. The number of benzene rings is 1. The summed E-state index contributed by atoms with van der Waals surface area (Å²) in [4.78, 5) is 18.9. The lowest BCUT2D eigenvalue weighted by Crippen LogP contribution is -2.38. The van der Waals surface area contributed by atoms with Gasteiger partial charge in [-0.25, -0.2) is 4.98 Å². The van der Waals surface area contributed by atoms with Crippen molar-refractivity contribution >= 4 is 42.1 Å². The zero-order chi connectivity index (χ0) is 14.8. The average Bonchev–Trinajstić information content (AvgIpc) is 3.17. The Hall–Kier alpha value is -1.14. The molecule has 1 unspecified atom stereocenters. The van der Waals surface area contributed by atoms with Gasteiger partial charge < -0.3 is 10.2 Å². The molecule has 0 spiro atoms. The highest BCUT2D eigenvalue weighted by atomic mass is 35.5. The second kappa shape index (κ2) is 8.64. The Kier molecular flexibility index (Phi) is 7.48. The molecule has 1 aliphatic rings. The monoisotopic (exact) mass is 373 g/mol. The van der Waals surface area contributed by atoms with Gasteiger partial charge in [-0.1, -0.05) is 12.1 Å². The Balaban J connectivity index is 0.00000132. The molecule has 1 aromatic heterocycles. The van der Waals surface area contributed by atoms with Crippen LogP contribution in [0.15, 0.2) is 29.6 Å². The van der Waals surface area contributed by atoms with Gasteiger partial charge in [0.2, 0.25) is 0 Å². The normalized spacial score (nSPS) is 16.3. The van der Waals surface area contributed by atoms with Crippen LogP contribution in [0, 0.1) is 6.92 Å². The quantitative estimate of drug-likeness (QED) is 0.896. The Bertz CT molecular complexity index is 656. The van der Waals surface area contributed by atoms with Gasteiger partial charge in [0.05, 0.1) is 0 Å². The van der Waals surface area contributed by atoms with Crippen LogP contribution in [0.5, 0.6) is 0 Å². The zero-order valence-corrected chi connectivity index (χ0v) is 15.6. The van der Waals surface area contributed by atoms with E-state index in [0.717, 1.165) is 41.3 Å². The van der Waals surface area contributed by atoms with Crippen molar-refractivity contribution in [2.24, 2.45) is 0 Å². The van der Waals surface area contributed by atoms with Crippen molar-refractivity contribution in [1.29, 1.82) is 0 Å². The molecule has 23 heavy (non-hydrogen) atoms. The first-order chi connectivity index (χ1) is 10.1. The van der Waals surface area contributed by atoms with E-state index in [1.807, 2.05) is 48.5 Å². The van der Waals surface area contributed by atoms with E-state index >= 15 is 0 Å². The molecule has 1 atom stereocenters. The van der Waals surface area contributed by atoms with Crippen molar-refractivity contribution in [3.05, 3.63) is 40.9 Å². The molecule has 1 aromatic carbocycles. The molecule has 1 amide bonds. The highest BCUT2D eigenvalue weighted by molar-refractivity contribution is 7.13. The fraction of sp³-hybridized carbons (Fsp3) is 0.375. The third kappa shape index (κ3) is 4.44. The van der Waals surface area contributed by atoms with Crippen molar-refractivity contribution in [2.45, 2.75) is 19.4 Å². The number of nitrogens with zero attached hydrogens (tertiary/aromatic N) is 2. The molecule has 0 aliphatic carbocycles. The minimum atomic E-state index is 0. The topological polar surface area (TPSA) is 45.2 Å². The number of aromatic nitrogens is 1. The summed E-state index contributed by atoms with van der Waals surface area (Å²) >= 11 is 1.61. The second-order valence-electron chi connectivity index (χ2n) is 5.44. The van der Waals surface area contributed by atoms with Crippen LogP contribution in [0.1, 0.15) is 22.5 Å². The zero-order valence-electron chi connectivity index (χ0n) is 13.1. The molecule has 4 nitrogen and oxygen atoms in total. The molecule has 2 heterocycles. The van der Waals surface area contributed by atoms with Gasteiger partial charge in [-0.15, -0.1) is 36.2 Å². The predicted molar refractivity (Wildman–Crippen MR) is 100 cm³/mol. The Morgan fingerprint density at radius 3 is 2.78 bits per heavy atom. The van der Waals surface area contributed by atoms with Crippen LogP contribution in [0.3, 0.4) is 0 Å². The number of nitrogens with one attached hydrogen (secondary N) is 1. The standard InChI is InChI=1S/C16H19N3OS.2ClH/c1-11-10-21-15(18-11)12-4-3-5-13(8-12)16(20)19(2)14-6-7-17-9-14;;/h3-5,8,10,14,17H,6-7,9H2,1-2H3;2*1H. The van der Waals surface area contributed by atoms with Crippen molar-refractivity contribution in [3.8, 4) is 10.6 Å². The Labute approximate surface area is 153 Å². The summed E-state index contributed by atoms with van der Waals surface area (Å²) in [6.07, 6.45) is 1.02. The largest absolute Gasteiger partial charge is 0.337 e. The summed E-state index contributed by atoms with van der Waals surface area (Å²) in [5.74, 6) is 0.0822. The van der Waals surface area contributed by atoms with E-state index in [0.29, 0.717) is 6.04 Å². The molecule has 2 aromatic rings. The van der Waals surface area contributed by atoms with Gasteiger partial charge in [-0.3, -0.25) is 4.79 Å². The van der Waals surface area contributed by atoms with Crippen molar-refractivity contribution in [1.82, 2.24) is 15.2 Å². The second-order valence-corrected chi connectivity index (χ2v) is 6.30. The summed E-state index contributed by atoms with van der Waals surface area (Å²) in [6.45, 7) is 3.85. The average molecular weight is 374 g/mol. The fourth-order valence-corrected chi connectivity index (χ4v) is 3.41. The molecule has 1 saturated heterocycles. The molecule has 3 rings (SSSR count). The lowest BCUT2D eigenvalue weighted by Gasteiger charge is -2.24. The van der Waals surface area contributed by atoms with E-state index in [-0.39, 0.29) is 30.7 Å². The third-order valence-electron chi connectivity index (χ3n) is 3.88. The number of halogens is 2.